The zero-order valence-corrected chi connectivity index (χ0v) is 6.82. The van der Waals surface area contributed by atoms with Crippen LogP contribution in [0.5, 0.6) is 0 Å². The summed E-state index contributed by atoms with van der Waals surface area (Å²) < 4.78 is 0. The largest absolute Gasteiger partial charge is 0.314 e. The molecule has 2 saturated carbocycles. The van der Waals surface area contributed by atoms with Gasteiger partial charge in [-0.3, -0.25) is 0 Å². The Morgan fingerprint density at radius 2 is 2.10 bits per heavy atom. The maximum Gasteiger partial charge on any atom is 0.0182 e. The van der Waals surface area contributed by atoms with Gasteiger partial charge in [-0.25, -0.2) is 0 Å². The van der Waals surface area contributed by atoms with Crippen LogP contribution >= 0.6 is 0 Å². The molecule has 2 aliphatic rings. The predicted molar refractivity (Wildman–Crippen MR) is 43.0 cm³/mol. The summed E-state index contributed by atoms with van der Waals surface area (Å²) in [5.41, 5.74) is 0.616. The lowest BCUT2D eigenvalue weighted by Gasteiger charge is -2.29. The average Bonchev–Trinajstić information content (AvgIpc) is 2.60. The number of hydrogen-bond donors (Lipinski definition) is 1. The molecule has 2 fully saturated rings. The molecule has 0 bridgehead atoms. The first-order valence-corrected chi connectivity index (χ1v) is 4.54. The monoisotopic (exact) mass is 139 g/mol. The third-order valence-corrected chi connectivity index (χ3v) is 3.29. The molecule has 1 heteroatoms. The van der Waals surface area contributed by atoms with E-state index in [1.807, 2.05) is 0 Å². The van der Waals surface area contributed by atoms with Gasteiger partial charge in [-0.2, -0.15) is 0 Å². The molecule has 10 heavy (non-hydrogen) atoms. The lowest BCUT2D eigenvalue weighted by atomic mass is 9.80. The molecule has 0 saturated heterocycles. The van der Waals surface area contributed by atoms with Crippen molar-refractivity contribution in [3.05, 3.63) is 0 Å². The lowest BCUT2D eigenvalue weighted by Crippen LogP contribution is -2.31. The molecule has 0 radical (unpaired) electrons. The van der Waals surface area contributed by atoms with E-state index in [2.05, 4.69) is 12.4 Å². The van der Waals surface area contributed by atoms with Gasteiger partial charge < -0.3 is 5.32 Å². The molecule has 0 unspecified atom stereocenters. The zero-order chi connectivity index (χ0) is 7.03. The third-order valence-electron chi connectivity index (χ3n) is 3.29. The van der Waals surface area contributed by atoms with Gasteiger partial charge in [0.1, 0.15) is 0 Å². The molecule has 0 spiro atoms. The molecule has 0 aromatic heterocycles. The molecule has 0 aromatic rings. The Balaban J connectivity index is 1.77. The number of nitrogens with one attached hydrogen (secondary N) is 1. The molecule has 0 heterocycles. The van der Waals surface area contributed by atoms with Crippen molar-refractivity contribution in [2.75, 3.05) is 7.05 Å². The smallest absolute Gasteiger partial charge is 0.0182 e. The molecule has 0 aromatic carbocycles. The minimum atomic E-state index is 0.616. The third kappa shape index (κ3) is 1.07. The van der Waals surface area contributed by atoms with E-state index < -0.39 is 0 Å². The topological polar surface area (TPSA) is 12.0 Å². The molecule has 0 amide bonds. The zero-order valence-electron chi connectivity index (χ0n) is 6.82. The summed E-state index contributed by atoms with van der Waals surface area (Å²) in [6, 6.07) is 0. The summed E-state index contributed by atoms with van der Waals surface area (Å²) in [6.45, 7) is 0. The minimum Gasteiger partial charge on any atom is -0.314 e. The Labute approximate surface area is 63.2 Å². The second-order valence-electron chi connectivity index (χ2n) is 4.03. The van der Waals surface area contributed by atoms with Crippen molar-refractivity contribution in [1.82, 2.24) is 5.32 Å². The van der Waals surface area contributed by atoms with Crippen molar-refractivity contribution in [1.29, 1.82) is 0 Å². The lowest BCUT2D eigenvalue weighted by molar-refractivity contribution is 0.256. The van der Waals surface area contributed by atoms with E-state index in [4.69, 9.17) is 0 Å². The van der Waals surface area contributed by atoms with Gasteiger partial charge in [-0.1, -0.05) is 19.3 Å². The highest BCUT2D eigenvalue weighted by molar-refractivity contribution is 5.02. The number of hydrogen-bond acceptors (Lipinski definition) is 1. The van der Waals surface area contributed by atoms with Crippen molar-refractivity contribution in [3.8, 4) is 0 Å². The normalized spacial score (nSPS) is 29.7. The maximum atomic E-state index is 3.45. The SMILES string of the molecule is CNC1(CC2CCC2)CC1. The summed E-state index contributed by atoms with van der Waals surface area (Å²) in [4.78, 5) is 0. The van der Waals surface area contributed by atoms with Crippen LogP contribution in [0.25, 0.3) is 0 Å². The standard InChI is InChI=1S/C9H17N/c1-10-9(5-6-9)7-8-3-2-4-8/h8,10H,2-7H2,1H3. The van der Waals surface area contributed by atoms with Crippen LogP contribution < -0.4 is 5.32 Å². The van der Waals surface area contributed by atoms with Gasteiger partial charge in [0, 0.05) is 5.54 Å². The summed E-state index contributed by atoms with van der Waals surface area (Å²) in [6.07, 6.45) is 8.82. The Bertz CT molecular complexity index is 123. The van der Waals surface area contributed by atoms with Crippen LogP contribution in [0.4, 0.5) is 0 Å². The number of rotatable bonds is 3. The van der Waals surface area contributed by atoms with Gasteiger partial charge in [-0.15, -0.1) is 0 Å². The summed E-state index contributed by atoms with van der Waals surface area (Å²) in [5.74, 6) is 1.08. The van der Waals surface area contributed by atoms with Gasteiger partial charge >= 0.3 is 0 Å². The van der Waals surface area contributed by atoms with E-state index in [1.54, 1.807) is 0 Å². The van der Waals surface area contributed by atoms with Gasteiger partial charge in [0.2, 0.25) is 0 Å². The highest BCUT2D eigenvalue weighted by atomic mass is 15.0. The van der Waals surface area contributed by atoms with Crippen LogP contribution in [0, 0.1) is 5.92 Å². The predicted octanol–water partition coefficient (Wildman–Crippen LogP) is 1.93. The van der Waals surface area contributed by atoms with E-state index in [0.717, 1.165) is 5.92 Å². The van der Waals surface area contributed by atoms with Crippen molar-refractivity contribution in [2.24, 2.45) is 5.92 Å². The molecular formula is C9H17N. The first kappa shape index (κ1) is 6.66. The highest BCUT2D eigenvalue weighted by Gasteiger charge is 2.43. The highest BCUT2D eigenvalue weighted by Crippen LogP contribution is 2.45. The van der Waals surface area contributed by atoms with Crippen molar-refractivity contribution in [2.45, 2.75) is 44.1 Å². The molecule has 58 valence electrons. The molecular weight excluding hydrogens is 122 g/mol. The summed E-state index contributed by atoms with van der Waals surface area (Å²) >= 11 is 0. The Kier molecular flexibility index (Phi) is 1.48. The average molecular weight is 139 g/mol. The molecule has 0 atom stereocenters. The Hall–Kier alpha value is -0.0400. The van der Waals surface area contributed by atoms with Gasteiger partial charge in [-0.05, 0) is 32.2 Å². The Morgan fingerprint density at radius 1 is 1.40 bits per heavy atom. The van der Waals surface area contributed by atoms with Gasteiger partial charge in [0.05, 0.1) is 0 Å². The van der Waals surface area contributed by atoms with Crippen molar-refractivity contribution >= 4 is 0 Å². The second kappa shape index (κ2) is 2.23. The first-order valence-electron chi connectivity index (χ1n) is 4.54. The Morgan fingerprint density at radius 3 is 2.40 bits per heavy atom. The van der Waals surface area contributed by atoms with E-state index in [-0.39, 0.29) is 0 Å². The van der Waals surface area contributed by atoms with E-state index in [0.29, 0.717) is 5.54 Å². The molecule has 0 aliphatic heterocycles. The maximum absolute atomic E-state index is 3.45. The van der Waals surface area contributed by atoms with Crippen molar-refractivity contribution < 1.29 is 0 Å². The van der Waals surface area contributed by atoms with Crippen LogP contribution in [-0.4, -0.2) is 12.6 Å². The van der Waals surface area contributed by atoms with Crippen LogP contribution in [0.2, 0.25) is 0 Å². The molecule has 2 rings (SSSR count). The fourth-order valence-electron chi connectivity index (χ4n) is 1.96. The second-order valence-corrected chi connectivity index (χ2v) is 4.03. The first-order chi connectivity index (χ1) is 4.85. The van der Waals surface area contributed by atoms with E-state index in [1.165, 1.54) is 38.5 Å². The molecule has 2 aliphatic carbocycles. The fraction of sp³-hybridized carbons (Fsp3) is 1.00. The minimum absolute atomic E-state index is 0.616. The fourth-order valence-corrected chi connectivity index (χ4v) is 1.96. The van der Waals surface area contributed by atoms with Gasteiger partial charge in [0.15, 0.2) is 0 Å². The quantitative estimate of drug-likeness (QED) is 0.630. The molecule has 1 N–H and O–H groups in total. The van der Waals surface area contributed by atoms with Crippen LogP contribution in [0.3, 0.4) is 0 Å². The van der Waals surface area contributed by atoms with Crippen LogP contribution in [0.15, 0.2) is 0 Å². The van der Waals surface area contributed by atoms with Gasteiger partial charge in [0.25, 0.3) is 0 Å². The van der Waals surface area contributed by atoms with E-state index in [9.17, 15) is 0 Å². The van der Waals surface area contributed by atoms with Crippen LogP contribution in [-0.2, 0) is 0 Å². The summed E-state index contributed by atoms with van der Waals surface area (Å²) in [5, 5.41) is 3.45. The molecule has 1 nitrogen and oxygen atoms in total. The van der Waals surface area contributed by atoms with E-state index >= 15 is 0 Å². The van der Waals surface area contributed by atoms with Crippen molar-refractivity contribution in [3.63, 3.8) is 0 Å². The summed E-state index contributed by atoms with van der Waals surface area (Å²) in [7, 11) is 2.12. The van der Waals surface area contributed by atoms with Crippen LogP contribution in [0.1, 0.15) is 38.5 Å².